The first-order valence-corrected chi connectivity index (χ1v) is 7.83. The Bertz CT molecular complexity index is 790. The number of nitrogens with zero attached hydrogens (tertiary/aromatic N) is 2. The molecule has 0 fully saturated rings. The summed E-state index contributed by atoms with van der Waals surface area (Å²) in [7, 11) is 0. The van der Waals surface area contributed by atoms with E-state index in [-0.39, 0.29) is 11.6 Å². The van der Waals surface area contributed by atoms with Gasteiger partial charge in [0.1, 0.15) is 11.3 Å². The second kappa shape index (κ2) is 5.33. The number of para-hydroxylation sites is 1. The number of carbonyl (C=O) groups is 1. The molecule has 1 atom stereocenters. The number of carboxylic acids is 1. The van der Waals surface area contributed by atoms with Crippen molar-refractivity contribution in [2.75, 3.05) is 0 Å². The molecule has 0 bridgehead atoms. The molecule has 21 heavy (non-hydrogen) atoms. The number of aromatic nitrogens is 2. The molecular formula is C16H16N2O2S. The smallest absolute Gasteiger partial charge is 0.337 e. The lowest BCUT2D eigenvalue weighted by atomic mass is 10.1. The molecule has 108 valence electrons. The number of rotatable bonds is 4. The van der Waals surface area contributed by atoms with Crippen LogP contribution in [0.3, 0.4) is 0 Å². The highest BCUT2D eigenvalue weighted by atomic mass is 32.1. The Morgan fingerprint density at radius 1 is 1.43 bits per heavy atom. The van der Waals surface area contributed by atoms with Gasteiger partial charge in [0.25, 0.3) is 0 Å². The third-order valence-corrected chi connectivity index (χ3v) is 4.45. The van der Waals surface area contributed by atoms with Crippen molar-refractivity contribution in [3.8, 4) is 0 Å². The predicted molar refractivity (Wildman–Crippen MR) is 84.2 cm³/mol. The van der Waals surface area contributed by atoms with Gasteiger partial charge in [0, 0.05) is 6.42 Å². The first kappa shape index (κ1) is 13.8. The molecule has 3 rings (SSSR count). The molecule has 0 radical (unpaired) electrons. The molecule has 5 heteroatoms. The fourth-order valence-electron chi connectivity index (χ4n) is 2.68. The minimum Gasteiger partial charge on any atom is -0.478 e. The van der Waals surface area contributed by atoms with E-state index in [0.29, 0.717) is 5.52 Å². The zero-order valence-electron chi connectivity index (χ0n) is 11.9. The molecule has 4 nitrogen and oxygen atoms in total. The lowest BCUT2D eigenvalue weighted by Gasteiger charge is -2.16. The van der Waals surface area contributed by atoms with Crippen LogP contribution in [0, 0.1) is 0 Å². The number of thiophene rings is 1. The Kier molecular flexibility index (Phi) is 3.51. The van der Waals surface area contributed by atoms with Gasteiger partial charge >= 0.3 is 5.97 Å². The van der Waals surface area contributed by atoms with E-state index in [4.69, 9.17) is 0 Å². The van der Waals surface area contributed by atoms with Crippen LogP contribution >= 0.6 is 11.3 Å². The second-order valence-corrected chi connectivity index (χ2v) is 5.74. The summed E-state index contributed by atoms with van der Waals surface area (Å²) in [5.74, 6) is -0.0199. The van der Waals surface area contributed by atoms with Crippen molar-refractivity contribution < 1.29 is 9.90 Å². The van der Waals surface area contributed by atoms with Gasteiger partial charge in [-0.1, -0.05) is 13.0 Å². The van der Waals surface area contributed by atoms with Gasteiger partial charge in [-0.25, -0.2) is 9.78 Å². The Labute approximate surface area is 126 Å². The molecule has 0 amide bonds. The van der Waals surface area contributed by atoms with Crippen molar-refractivity contribution >= 4 is 28.3 Å². The third-order valence-electron chi connectivity index (χ3n) is 3.75. The van der Waals surface area contributed by atoms with Crippen molar-refractivity contribution in [1.29, 1.82) is 0 Å². The summed E-state index contributed by atoms with van der Waals surface area (Å²) in [5, 5.41) is 13.5. The molecule has 3 aromatic rings. The van der Waals surface area contributed by atoms with Crippen molar-refractivity contribution in [3.63, 3.8) is 0 Å². The first-order valence-electron chi connectivity index (χ1n) is 6.88. The van der Waals surface area contributed by atoms with Crippen LogP contribution < -0.4 is 0 Å². The normalized spacial score (nSPS) is 12.7. The van der Waals surface area contributed by atoms with Gasteiger partial charge in [0.15, 0.2) is 0 Å². The molecule has 2 heterocycles. The summed E-state index contributed by atoms with van der Waals surface area (Å²) in [4.78, 5) is 15.9. The zero-order valence-corrected chi connectivity index (χ0v) is 12.7. The molecule has 2 aromatic heterocycles. The molecule has 0 aliphatic rings. The topological polar surface area (TPSA) is 55.1 Å². The van der Waals surface area contributed by atoms with Crippen LogP contribution in [0.2, 0.25) is 0 Å². The van der Waals surface area contributed by atoms with Gasteiger partial charge in [-0.05, 0) is 41.4 Å². The summed E-state index contributed by atoms with van der Waals surface area (Å²) >= 11 is 1.66. The lowest BCUT2D eigenvalue weighted by molar-refractivity contribution is 0.0699. The number of aryl methyl sites for hydroxylation is 1. The van der Waals surface area contributed by atoms with Gasteiger partial charge in [-0.2, -0.15) is 11.3 Å². The van der Waals surface area contributed by atoms with Crippen molar-refractivity contribution in [2.24, 2.45) is 0 Å². The van der Waals surface area contributed by atoms with E-state index in [2.05, 4.69) is 33.3 Å². The van der Waals surface area contributed by atoms with E-state index in [9.17, 15) is 9.90 Å². The Morgan fingerprint density at radius 3 is 2.86 bits per heavy atom. The maximum absolute atomic E-state index is 11.4. The molecule has 1 aromatic carbocycles. The standard InChI is InChI=1S/C16H16N2O2S/c1-3-14-17-15-12(16(19)20)5-4-6-13(15)18(14)10(2)11-7-8-21-9-11/h4-10H,3H2,1-2H3,(H,19,20). The van der Waals surface area contributed by atoms with Crippen LogP contribution in [0.1, 0.15) is 41.6 Å². The number of aromatic carboxylic acids is 1. The van der Waals surface area contributed by atoms with E-state index < -0.39 is 5.97 Å². The quantitative estimate of drug-likeness (QED) is 0.793. The maximum Gasteiger partial charge on any atom is 0.337 e. The molecular weight excluding hydrogens is 284 g/mol. The molecule has 0 aliphatic carbocycles. The van der Waals surface area contributed by atoms with Gasteiger partial charge in [-0.15, -0.1) is 0 Å². The van der Waals surface area contributed by atoms with Crippen LogP contribution in [0.25, 0.3) is 11.0 Å². The van der Waals surface area contributed by atoms with Crippen molar-refractivity contribution in [1.82, 2.24) is 9.55 Å². The van der Waals surface area contributed by atoms with E-state index in [0.717, 1.165) is 17.8 Å². The molecule has 0 aliphatic heterocycles. The summed E-state index contributed by atoms with van der Waals surface area (Å²) < 4.78 is 2.14. The van der Waals surface area contributed by atoms with Crippen molar-refractivity contribution in [2.45, 2.75) is 26.3 Å². The Hall–Kier alpha value is -2.14. The van der Waals surface area contributed by atoms with E-state index in [1.807, 2.05) is 13.0 Å². The average Bonchev–Trinajstić information content (AvgIpc) is 3.12. The monoisotopic (exact) mass is 300 g/mol. The second-order valence-electron chi connectivity index (χ2n) is 4.96. The predicted octanol–water partition coefficient (Wildman–Crippen LogP) is 3.97. The van der Waals surface area contributed by atoms with Crippen LogP contribution in [0.15, 0.2) is 35.0 Å². The van der Waals surface area contributed by atoms with E-state index in [1.54, 1.807) is 23.5 Å². The third kappa shape index (κ3) is 2.23. The average molecular weight is 300 g/mol. The minimum absolute atomic E-state index is 0.139. The fourth-order valence-corrected chi connectivity index (χ4v) is 3.43. The maximum atomic E-state index is 11.4. The Morgan fingerprint density at radius 2 is 2.24 bits per heavy atom. The highest BCUT2D eigenvalue weighted by Crippen LogP contribution is 2.29. The number of imidazole rings is 1. The summed E-state index contributed by atoms with van der Waals surface area (Å²) in [6.07, 6.45) is 0.766. The Balaban J connectivity index is 2.26. The molecule has 0 spiro atoms. The highest BCUT2D eigenvalue weighted by molar-refractivity contribution is 7.07. The fraction of sp³-hybridized carbons (Fsp3) is 0.250. The number of benzene rings is 1. The number of fused-ring (bicyclic) bond motifs is 1. The minimum atomic E-state index is -0.934. The van der Waals surface area contributed by atoms with E-state index in [1.165, 1.54) is 5.56 Å². The SMILES string of the molecule is CCc1nc2c(C(=O)O)cccc2n1C(C)c1ccsc1. The van der Waals surface area contributed by atoms with Gasteiger partial charge < -0.3 is 9.67 Å². The summed E-state index contributed by atoms with van der Waals surface area (Å²) in [6.45, 7) is 4.16. The first-order chi connectivity index (χ1) is 10.1. The van der Waals surface area contributed by atoms with Crippen LogP contribution in [0.4, 0.5) is 0 Å². The van der Waals surface area contributed by atoms with Crippen molar-refractivity contribution in [3.05, 3.63) is 52.0 Å². The van der Waals surface area contributed by atoms with E-state index >= 15 is 0 Å². The van der Waals surface area contributed by atoms with Gasteiger partial charge in [0.05, 0.1) is 17.1 Å². The number of carboxylic acid groups (broad SMARTS) is 1. The van der Waals surface area contributed by atoms with Gasteiger partial charge in [0.2, 0.25) is 0 Å². The van der Waals surface area contributed by atoms with Gasteiger partial charge in [-0.3, -0.25) is 0 Å². The molecule has 1 N–H and O–H groups in total. The molecule has 0 saturated heterocycles. The highest BCUT2D eigenvalue weighted by Gasteiger charge is 2.20. The number of hydrogen-bond acceptors (Lipinski definition) is 3. The van der Waals surface area contributed by atoms with Crippen LogP contribution in [0.5, 0.6) is 0 Å². The summed E-state index contributed by atoms with van der Waals surface area (Å²) in [5.41, 5.74) is 2.93. The largest absolute Gasteiger partial charge is 0.478 e. The zero-order chi connectivity index (χ0) is 15.0. The molecule has 1 unspecified atom stereocenters. The van der Waals surface area contributed by atoms with Crippen LogP contribution in [-0.4, -0.2) is 20.6 Å². The lowest BCUT2D eigenvalue weighted by Crippen LogP contribution is -2.09. The molecule has 0 saturated carbocycles. The number of hydrogen-bond donors (Lipinski definition) is 1. The van der Waals surface area contributed by atoms with Crippen LogP contribution in [-0.2, 0) is 6.42 Å². The summed E-state index contributed by atoms with van der Waals surface area (Å²) in [6, 6.07) is 7.57.